The minimum atomic E-state index is -4.87. The Morgan fingerprint density at radius 3 is 1.10 bits per heavy atom. The van der Waals surface area contributed by atoms with Gasteiger partial charge in [-0.25, -0.2) is 0 Å². The van der Waals surface area contributed by atoms with Crippen molar-refractivity contribution in [2.45, 2.75) is 9.79 Å². The van der Waals surface area contributed by atoms with Crippen LogP contribution in [-0.4, -0.2) is 40.2 Å². The van der Waals surface area contributed by atoms with Gasteiger partial charge in [-0.2, -0.15) is 37.3 Å². The third-order valence-electron chi connectivity index (χ3n) is 5.48. The third-order valence-corrected chi connectivity index (χ3v) is 7.27. The van der Waals surface area contributed by atoms with Crippen molar-refractivity contribution in [2.75, 3.05) is 14.2 Å². The Hall–Kier alpha value is -4.50. The summed E-state index contributed by atoms with van der Waals surface area (Å²) in [5, 5.41) is 16.0. The second-order valence-electron chi connectivity index (χ2n) is 8.11. The van der Waals surface area contributed by atoms with Crippen LogP contribution in [0.1, 0.15) is 0 Å². The summed E-state index contributed by atoms with van der Waals surface area (Å²) in [6, 6.07) is 20.5. The van der Waals surface area contributed by atoms with Gasteiger partial charge in [-0.15, -0.1) is 0 Å². The Balaban J connectivity index is 1.74. The quantitative estimate of drug-likeness (QED) is 0.162. The highest BCUT2D eigenvalue weighted by Gasteiger charge is 2.24. The molecule has 4 aromatic carbocycles. The first-order chi connectivity index (χ1) is 19.0. The fourth-order valence-corrected chi connectivity index (χ4v) is 5.00. The number of ether oxygens (including phenoxy) is 2. The maximum absolute atomic E-state index is 12.3. The summed E-state index contributed by atoms with van der Waals surface area (Å²) in [6.45, 7) is 0. The van der Waals surface area contributed by atoms with E-state index in [1.807, 2.05) is 0 Å². The number of methoxy groups -OCH3 is 2. The third kappa shape index (κ3) is 6.92. The molecule has 0 aliphatic carbocycles. The molecule has 4 aromatic rings. The lowest BCUT2D eigenvalue weighted by Gasteiger charge is -2.12. The SMILES string of the molecule is COc1ccc(N=Nc2ccc(-c3ccc(N=Nc4ccc(OC)cc4)cc3S(=O)(=O)O)c(S(=O)(=O)O)c2)cc1. The van der Waals surface area contributed by atoms with Crippen molar-refractivity contribution in [3.8, 4) is 22.6 Å². The monoisotopic (exact) mass is 582 g/mol. The normalized spacial score (nSPS) is 12.2. The molecule has 0 radical (unpaired) electrons. The maximum Gasteiger partial charge on any atom is 0.295 e. The molecule has 0 aliphatic heterocycles. The van der Waals surface area contributed by atoms with Crippen LogP contribution in [0.5, 0.6) is 11.5 Å². The topological polar surface area (TPSA) is 177 Å². The van der Waals surface area contributed by atoms with E-state index in [1.165, 1.54) is 38.5 Å². The van der Waals surface area contributed by atoms with E-state index in [1.54, 1.807) is 48.5 Å². The number of benzene rings is 4. The van der Waals surface area contributed by atoms with Crippen molar-refractivity contribution in [3.63, 3.8) is 0 Å². The Labute approximate surface area is 230 Å². The molecule has 0 amide bonds. The fourth-order valence-electron chi connectivity index (χ4n) is 3.55. The number of hydrogen-bond acceptors (Lipinski definition) is 10. The van der Waals surface area contributed by atoms with Gasteiger partial charge in [0.2, 0.25) is 0 Å². The average Bonchev–Trinajstić information content (AvgIpc) is 2.94. The minimum absolute atomic E-state index is 0.0607. The molecular formula is C26H22N4O8S2. The first-order valence-electron chi connectivity index (χ1n) is 11.3. The van der Waals surface area contributed by atoms with Crippen LogP contribution in [0.2, 0.25) is 0 Å². The first kappa shape index (κ1) is 28.5. The van der Waals surface area contributed by atoms with E-state index < -0.39 is 30.0 Å². The first-order valence-corrected chi connectivity index (χ1v) is 14.2. The zero-order valence-electron chi connectivity index (χ0n) is 21.0. The number of azo groups is 2. The highest BCUT2D eigenvalue weighted by Crippen LogP contribution is 2.37. The van der Waals surface area contributed by atoms with E-state index in [4.69, 9.17) is 9.47 Å². The summed E-state index contributed by atoms with van der Waals surface area (Å²) in [4.78, 5) is -1.28. The van der Waals surface area contributed by atoms with Crippen LogP contribution in [0.3, 0.4) is 0 Å². The van der Waals surface area contributed by atoms with Crippen molar-refractivity contribution < 1.29 is 35.4 Å². The summed E-state index contributed by atoms with van der Waals surface area (Å²) in [5.41, 5.74) is 0.628. The fraction of sp³-hybridized carbons (Fsp3) is 0.0769. The highest BCUT2D eigenvalue weighted by atomic mass is 32.2. The Morgan fingerprint density at radius 1 is 0.500 bits per heavy atom. The Bertz CT molecular complexity index is 1670. The molecule has 0 atom stereocenters. The molecule has 206 valence electrons. The predicted octanol–water partition coefficient (Wildman–Crippen LogP) is 6.70. The van der Waals surface area contributed by atoms with Gasteiger partial charge in [-0.05, 0) is 72.8 Å². The van der Waals surface area contributed by atoms with Crippen molar-refractivity contribution in [2.24, 2.45) is 20.5 Å². The van der Waals surface area contributed by atoms with Gasteiger partial charge in [0.15, 0.2) is 0 Å². The lowest BCUT2D eigenvalue weighted by atomic mass is 10.0. The van der Waals surface area contributed by atoms with E-state index >= 15 is 0 Å². The van der Waals surface area contributed by atoms with Gasteiger partial charge in [-0.1, -0.05) is 12.1 Å². The van der Waals surface area contributed by atoms with Gasteiger partial charge in [-0.3, -0.25) is 9.11 Å². The van der Waals surface area contributed by atoms with Crippen LogP contribution in [-0.2, 0) is 20.2 Å². The molecule has 0 aliphatic rings. The molecule has 0 saturated heterocycles. The molecule has 0 heterocycles. The molecule has 12 nitrogen and oxygen atoms in total. The van der Waals surface area contributed by atoms with Gasteiger partial charge < -0.3 is 9.47 Å². The zero-order chi connectivity index (χ0) is 28.9. The Kier molecular flexibility index (Phi) is 8.35. The van der Waals surface area contributed by atoms with Crippen LogP contribution in [0.25, 0.3) is 11.1 Å². The van der Waals surface area contributed by atoms with Gasteiger partial charge >= 0.3 is 0 Å². The number of rotatable bonds is 9. The average molecular weight is 583 g/mol. The molecule has 0 spiro atoms. The smallest absolute Gasteiger partial charge is 0.295 e. The summed E-state index contributed by atoms with van der Waals surface area (Å²) >= 11 is 0. The van der Waals surface area contributed by atoms with Gasteiger partial charge in [0.25, 0.3) is 20.2 Å². The molecule has 4 rings (SSSR count). The van der Waals surface area contributed by atoms with E-state index in [2.05, 4.69) is 20.5 Å². The van der Waals surface area contributed by atoms with Crippen molar-refractivity contribution in [1.29, 1.82) is 0 Å². The highest BCUT2D eigenvalue weighted by molar-refractivity contribution is 7.86. The summed E-state index contributed by atoms with van der Waals surface area (Å²) in [6.07, 6.45) is 0. The number of nitrogens with zero attached hydrogens (tertiary/aromatic N) is 4. The van der Waals surface area contributed by atoms with Crippen molar-refractivity contribution in [1.82, 2.24) is 0 Å². The molecular weight excluding hydrogens is 560 g/mol. The maximum atomic E-state index is 12.3. The van der Waals surface area contributed by atoms with Crippen LogP contribution in [0, 0.1) is 0 Å². The molecule has 0 unspecified atom stereocenters. The molecule has 0 aromatic heterocycles. The van der Waals surface area contributed by atoms with Gasteiger partial charge in [0.1, 0.15) is 21.3 Å². The molecule has 2 N–H and O–H groups in total. The van der Waals surface area contributed by atoms with E-state index in [0.29, 0.717) is 22.9 Å². The van der Waals surface area contributed by atoms with Crippen LogP contribution < -0.4 is 9.47 Å². The number of hydrogen-bond donors (Lipinski definition) is 2. The minimum Gasteiger partial charge on any atom is -0.497 e. The molecule has 0 saturated carbocycles. The molecule has 0 bridgehead atoms. The standard InChI is InChI=1S/C26H22N4O8S2/c1-37-21-9-3-17(4-10-21)27-29-19-7-13-23(25(15-19)39(31,32)33)24-14-8-20(16-26(24)40(34,35)36)30-28-18-5-11-22(38-2)12-6-18/h3-16H,1-2H3,(H,31,32,33)(H,34,35,36). The van der Waals surface area contributed by atoms with Gasteiger partial charge in [0.05, 0.1) is 37.0 Å². The molecule has 14 heteroatoms. The summed E-state index contributed by atoms with van der Waals surface area (Å²) < 4.78 is 79.1. The lowest BCUT2D eigenvalue weighted by Crippen LogP contribution is -2.05. The van der Waals surface area contributed by atoms with Crippen LogP contribution in [0.4, 0.5) is 22.7 Å². The second kappa shape index (κ2) is 11.7. The van der Waals surface area contributed by atoms with E-state index in [9.17, 15) is 25.9 Å². The predicted molar refractivity (Wildman–Crippen MR) is 146 cm³/mol. The van der Waals surface area contributed by atoms with E-state index in [0.717, 1.165) is 12.1 Å². The summed E-state index contributed by atoms with van der Waals surface area (Å²) in [5.74, 6) is 1.22. The molecule has 0 fully saturated rings. The van der Waals surface area contributed by atoms with Crippen LogP contribution >= 0.6 is 0 Å². The van der Waals surface area contributed by atoms with Gasteiger partial charge in [0, 0.05) is 11.1 Å². The van der Waals surface area contributed by atoms with Crippen LogP contribution in [0.15, 0.2) is 115 Å². The van der Waals surface area contributed by atoms with E-state index in [-0.39, 0.29) is 22.5 Å². The lowest BCUT2D eigenvalue weighted by molar-refractivity contribution is 0.414. The summed E-state index contributed by atoms with van der Waals surface area (Å²) in [7, 11) is -6.70. The molecule has 40 heavy (non-hydrogen) atoms. The largest absolute Gasteiger partial charge is 0.497 e. The van der Waals surface area contributed by atoms with Crippen molar-refractivity contribution >= 4 is 43.0 Å². The van der Waals surface area contributed by atoms with Crippen molar-refractivity contribution in [3.05, 3.63) is 84.9 Å². The second-order valence-corrected chi connectivity index (χ2v) is 10.9. The Morgan fingerprint density at radius 2 is 0.800 bits per heavy atom. The zero-order valence-corrected chi connectivity index (χ0v) is 22.7.